The van der Waals surface area contributed by atoms with Gasteiger partial charge >= 0.3 is 12.1 Å². The van der Waals surface area contributed by atoms with Crippen LogP contribution in [0.25, 0.3) is 0 Å². The molecule has 1 heterocycles. The lowest BCUT2D eigenvalue weighted by molar-refractivity contribution is -0.147. The molecule has 0 aliphatic carbocycles. The van der Waals surface area contributed by atoms with Gasteiger partial charge in [0.1, 0.15) is 19.3 Å². The number of alkyl carbamates (subject to hydrolysis) is 1. The Hall–Kier alpha value is -4.14. The van der Waals surface area contributed by atoms with Crippen LogP contribution in [0.15, 0.2) is 71.7 Å². The minimum absolute atomic E-state index is 0.00336. The van der Waals surface area contributed by atoms with Crippen molar-refractivity contribution in [1.82, 2.24) is 14.7 Å². The molecule has 9 nitrogen and oxygen atoms in total. The van der Waals surface area contributed by atoms with Crippen LogP contribution in [-0.2, 0) is 41.0 Å². The Balaban J connectivity index is 1.73. The standard InChI is InChI=1S/C24H25N3O6/c1-17(28)27-14-20(22(29)26(27)2)13-21(23(30)32-15-18-9-5-3-6-10-18)25-24(31)33-16-19-11-7-4-8-12-19/h3-12,14,21H,13,15-16H2,1-2H3,(H,25,31)/t21-/m0/s1. The number of hydrogen-bond donors (Lipinski definition) is 1. The van der Waals surface area contributed by atoms with Crippen molar-refractivity contribution in [2.45, 2.75) is 32.6 Å². The molecule has 3 aromatic rings. The first kappa shape index (κ1) is 23.5. The van der Waals surface area contributed by atoms with E-state index in [0.717, 1.165) is 20.5 Å². The Kier molecular flexibility index (Phi) is 7.80. The minimum Gasteiger partial charge on any atom is -0.459 e. The van der Waals surface area contributed by atoms with Crippen molar-refractivity contribution in [2.75, 3.05) is 0 Å². The maximum absolute atomic E-state index is 12.8. The molecule has 0 bridgehead atoms. The summed E-state index contributed by atoms with van der Waals surface area (Å²) >= 11 is 0. The number of aromatic nitrogens is 2. The molecule has 9 heteroatoms. The number of benzene rings is 2. The summed E-state index contributed by atoms with van der Waals surface area (Å²) in [5.74, 6) is -1.09. The molecule has 0 saturated heterocycles. The van der Waals surface area contributed by atoms with Crippen molar-refractivity contribution in [3.63, 3.8) is 0 Å². The molecular weight excluding hydrogens is 426 g/mol. The molecule has 3 rings (SSSR count). The number of amides is 1. The van der Waals surface area contributed by atoms with Gasteiger partial charge < -0.3 is 14.8 Å². The van der Waals surface area contributed by atoms with Gasteiger partial charge in [-0.05, 0) is 11.1 Å². The van der Waals surface area contributed by atoms with E-state index in [9.17, 15) is 19.2 Å². The first-order valence-corrected chi connectivity index (χ1v) is 10.3. The third kappa shape index (κ3) is 6.42. The zero-order valence-electron chi connectivity index (χ0n) is 18.4. The highest BCUT2D eigenvalue weighted by Gasteiger charge is 2.26. The summed E-state index contributed by atoms with van der Waals surface area (Å²) in [7, 11) is 1.44. The predicted molar refractivity (Wildman–Crippen MR) is 119 cm³/mol. The average molecular weight is 451 g/mol. The van der Waals surface area contributed by atoms with Crippen LogP contribution in [0.1, 0.15) is 28.4 Å². The molecular formula is C24H25N3O6. The zero-order valence-corrected chi connectivity index (χ0v) is 18.4. The fourth-order valence-corrected chi connectivity index (χ4v) is 3.19. The average Bonchev–Trinajstić information content (AvgIpc) is 3.11. The van der Waals surface area contributed by atoms with Gasteiger partial charge in [0.15, 0.2) is 0 Å². The van der Waals surface area contributed by atoms with E-state index < -0.39 is 23.7 Å². The van der Waals surface area contributed by atoms with Crippen molar-refractivity contribution >= 4 is 18.0 Å². The van der Waals surface area contributed by atoms with Crippen LogP contribution in [0.4, 0.5) is 4.79 Å². The molecule has 0 unspecified atom stereocenters. The molecule has 0 aliphatic rings. The van der Waals surface area contributed by atoms with E-state index in [2.05, 4.69) is 5.32 Å². The molecule has 2 aromatic carbocycles. The summed E-state index contributed by atoms with van der Waals surface area (Å²) in [6, 6.07) is 16.9. The van der Waals surface area contributed by atoms with Gasteiger partial charge in [0, 0.05) is 32.2 Å². The summed E-state index contributed by atoms with van der Waals surface area (Å²) in [6.45, 7) is 1.33. The molecule has 1 atom stereocenters. The Bertz CT molecular complexity index is 1170. The molecule has 0 fully saturated rings. The lowest BCUT2D eigenvalue weighted by Crippen LogP contribution is -2.44. The van der Waals surface area contributed by atoms with Crippen LogP contribution in [0.3, 0.4) is 0 Å². The van der Waals surface area contributed by atoms with Gasteiger partial charge in [0.2, 0.25) is 5.91 Å². The molecule has 33 heavy (non-hydrogen) atoms. The van der Waals surface area contributed by atoms with E-state index >= 15 is 0 Å². The largest absolute Gasteiger partial charge is 0.459 e. The number of ether oxygens (including phenoxy) is 2. The van der Waals surface area contributed by atoms with E-state index in [1.807, 2.05) is 36.4 Å². The number of hydrogen-bond acceptors (Lipinski definition) is 6. The summed E-state index contributed by atoms with van der Waals surface area (Å²) in [6.07, 6.45) is 0.350. The first-order valence-electron chi connectivity index (χ1n) is 10.3. The van der Waals surface area contributed by atoms with Crippen molar-refractivity contribution in [1.29, 1.82) is 0 Å². The van der Waals surface area contributed by atoms with Gasteiger partial charge in [-0.1, -0.05) is 60.7 Å². The minimum atomic E-state index is -1.19. The third-order valence-electron chi connectivity index (χ3n) is 4.93. The molecule has 0 spiro atoms. The van der Waals surface area contributed by atoms with E-state index in [-0.39, 0.29) is 31.1 Å². The monoisotopic (exact) mass is 451 g/mol. The molecule has 1 amide bonds. The number of carbonyl (C=O) groups is 3. The quantitative estimate of drug-likeness (QED) is 0.527. The third-order valence-corrected chi connectivity index (χ3v) is 4.93. The highest BCUT2D eigenvalue weighted by Crippen LogP contribution is 2.07. The van der Waals surface area contributed by atoms with Crippen LogP contribution < -0.4 is 10.9 Å². The topological polar surface area (TPSA) is 109 Å². The number of nitrogens with zero attached hydrogens (tertiary/aromatic N) is 2. The molecule has 172 valence electrons. The molecule has 1 aromatic heterocycles. The van der Waals surface area contributed by atoms with Gasteiger partial charge in [-0.15, -0.1) is 0 Å². The smallest absolute Gasteiger partial charge is 0.408 e. The first-order chi connectivity index (χ1) is 15.8. The van der Waals surface area contributed by atoms with E-state index in [4.69, 9.17) is 9.47 Å². The van der Waals surface area contributed by atoms with Gasteiger partial charge in [0.05, 0.1) is 0 Å². The highest BCUT2D eigenvalue weighted by molar-refractivity contribution is 5.81. The van der Waals surface area contributed by atoms with Crippen molar-refractivity contribution in [3.05, 3.63) is 93.9 Å². The maximum atomic E-state index is 12.8. The zero-order chi connectivity index (χ0) is 23.8. The van der Waals surface area contributed by atoms with Crippen LogP contribution >= 0.6 is 0 Å². The number of esters is 1. The van der Waals surface area contributed by atoms with Crippen molar-refractivity contribution < 1.29 is 23.9 Å². The van der Waals surface area contributed by atoms with Crippen molar-refractivity contribution in [3.8, 4) is 0 Å². The lowest BCUT2D eigenvalue weighted by Gasteiger charge is -2.17. The summed E-state index contributed by atoms with van der Waals surface area (Å²) in [5.41, 5.74) is 1.28. The van der Waals surface area contributed by atoms with Gasteiger partial charge in [-0.25, -0.2) is 19.0 Å². The highest BCUT2D eigenvalue weighted by atomic mass is 16.6. The molecule has 0 aliphatic heterocycles. The lowest BCUT2D eigenvalue weighted by atomic mass is 10.1. The predicted octanol–water partition coefficient (Wildman–Crippen LogP) is 2.43. The van der Waals surface area contributed by atoms with Crippen LogP contribution in [0.2, 0.25) is 0 Å². The number of nitrogens with one attached hydrogen (secondary N) is 1. The van der Waals surface area contributed by atoms with Crippen LogP contribution in [-0.4, -0.2) is 33.4 Å². The SMILES string of the molecule is CC(=O)n1cc(C[C@H](NC(=O)OCc2ccccc2)C(=O)OCc2ccccc2)c(=O)n1C. The Morgan fingerprint density at radius 1 is 0.909 bits per heavy atom. The van der Waals surface area contributed by atoms with Gasteiger partial charge in [-0.3, -0.25) is 9.59 Å². The van der Waals surface area contributed by atoms with E-state index in [0.29, 0.717) is 0 Å². The second-order valence-electron chi connectivity index (χ2n) is 7.40. The Morgan fingerprint density at radius 3 is 1.97 bits per heavy atom. The van der Waals surface area contributed by atoms with Gasteiger partial charge in [-0.2, -0.15) is 0 Å². The van der Waals surface area contributed by atoms with Gasteiger partial charge in [0.25, 0.3) is 5.56 Å². The second-order valence-corrected chi connectivity index (χ2v) is 7.40. The summed E-state index contributed by atoms with van der Waals surface area (Å²) in [5, 5.41) is 2.48. The summed E-state index contributed by atoms with van der Waals surface area (Å²) in [4.78, 5) is 49.4. The normalized spacial score (nSPS) is 11.5. The molecule has 1 N–H and O–H groups in total. The van der Waals surface area contributed by atoms with E-state index in [1.165, 1.54) is 20.2 Å². The number of carbonyl (C=O) groups excluding carboxylic acids is 3. The number of rotatable bonds is 8. The van der Waals surface area contributed by atoms with Crippen LogP contribution in [0, 0.1) is 0 Å². The molecule has 0 radical (unpaired) electrons. The van der Waals surface area contributed by atoms with Crippen LogP contribution in [0.5, 0.6) is 0 Å². The molecule has 0 saturated carbocycles. The maximum Gasteiger partial charge on any atom is 0.408 e. The fourth-order valence-electron chi connectivity index (χ4n) is 3.19. The Morgan fingerprint density at radius 2 is 1.45 bits per heavy atom. The fraction of sp³-hybridized carbons (Fsp3) is 0.250. The van der Waals surface area contributed by atoms with Crippen molar-refractivity contribution in [2.24, 2.45) is 7.05 Å². The summed E-state index contributed by atoms with van der Waals surface area (Å²) < 4.78 is 12.8. The Labute approximate surface area is 190 Å². The van der Waals surface area contributed by atoms with E-state index in [1.54, 1.807) is 24.3 Å². The second kappa shape index (κ2) is 10.9.